The number of nitrogens with zero attached hydrogens (tertiary/aromatic N) is 3. The Morgan fingerprint density at radius 2 is 1.90 bits per heavy atom. The Balaban J connectivity index is 2.27. The predicted molar refractivity (Wildman–Crippen MR) is 78.1 cm³/mol. The van der Waals surface area contributed by atoms with Gasteiger partial charge in [-0.2, -0.15) is 0 Å². The van der Waals surface area contributed by atoms with E-state index in [9.17, 15) is 9.18 Å². The Bertz CT molecular complexity index is 662. The fraction of sp³-hybridized carbons (Fsp3) is 0.357. The summed E-state index contributed by atoms with van der Waals surface area (Å²) in [6.45, 7) is 5.75. The number of aromatic nitrogens is 3. The van der Waals surface area contributed by atoms with Crippen LogP contribution in [0.1, 0.15) is 22.5 Å². The van der Waals surface area contributed by atoms with Crippen molar-refractivity contribution in [1.82, 2.24) is 14.8 Å². The number of aliphatic carboxylic acids is 1. The molecule has 0 radical (unpaired) electrons. The number of carbonyl (C=O) groups is 1. The van der Waals surface area contributed by atoms with Crippen LogP contribution >= 0.6 is 11.8 Å². The third kappa shape index (κ3) is 3.60. The van der Waals surface area contributed by atoms with Crippen LogP contribution in [0.4, 0.5) is 4.39 Å². The first-order chi connectivity index (χ1) is 9.88. The Morgan fingerprint density at radius 1 is 1.29 bits per heavy atom. The summed E-state index contributed by atoms with van der Waals surface area (Å²) in [5, 5.41) is 17.3. The lowest BCUT2D eigenvalue weighted by Gasteiger charge is -2.10. The molecule has 5 nitrogen and oxygen atoms in total. The summed E-state index contributed by atoms with van der Waals surface area (Å²) in [5.74, 6) is -0.470. The monoisotopic (exact) mass is 309 g/mol. The van der Waals surface area contributed by atoms with E-state index in [1.807, 2.05) is 4.57 Å². The highest BCUT2D eigenvalue weighted by Gasteiger charge is 2.13. The van der Waals surface area contributed by atoms with E-state index in [0.717, 1.165) is 17.3 Å². The maximum atomic E-state index is 13.7. The summed E-state index contributed by atoms with van der Waals surface area (Å²) >= 11 is 1.12. The predicted octanol–water partition coefficient (Wildman–Crippen LogP) is 2.57. The van der Waals surface area contributed by atoms with Crippen molar-refractivity contribution in [2.24, 2.45) is 0 Å². The smallest absolute Gasteiger partial charge is 0.313 e. The molecular formula is C14H16FN3O2S. The van der Waals surface area contributed by atoms with Crippen molar-refractivity contribution < 1.29 is 14.3 Å². The lowest BCUT2D eigenvalue weighted by Crippen LogP contribution is -2.07. The molecule has 7 heteroatoms. The van der Waals surface area contributed by atoms with Crippen LogP contribution in [0.25, 0.3) is 0 Å². The van der Waals surface area contributed by atoms with Crippen LogP contribution < -0.4 is 0 Å². The summed E-state index contributed by atoms with van der Waals surface area (Å²) in [5.41, 5.74) is 2.12. The first-order valence-corrected chi connectivity index (χ1v) is 7.37. The van der Waals surface area contributed by atoms with Gasteiger partial charge < -0.3 is 9.67 Å². The van der Waals surface area contributed by atoms with Crippen LogP contribution in [0.2, 0.25) is 0 Å². The second kappa shape index (κ2) is 6.26. The van der Waals surface area contributed by atoms with Gasteiger partial charge in [0.25, 0.3) is 0 Å². The molecule has 2 aromatic rings. The van der Waals surface area contributed by atoms with Crippen LogP contribution in [0.5, 0.6) is 0 Å². The SMILES string of the molecule is Cc1cc(Cn2c(C)nnc2SCC(=O)O)cc(C)c1F. The number of carboxylic acid groups (broad SMARTS) is 1. The minimum absolute atomic E-state index is 0.0698. The van der Waals surface area contributed by atoms with Crippen molar-refractivity contribution in [3.8, 4) is 0 Å². The lowest BCUT2D eigenvalue weighted by atomic mass is 10.1. The Kier molecular flexibility index (Phi) is 4.62. The van der Waals surface area contributed by atoms with Gasteiger partial charge in [-0.1, -0.05) is 23.9 Å². The molecule has 0 fully saturated rings. The van der Waals surface area contributed by atoms with Crippen LogP contribution in [0, 0.1) is 26.6 Å². The van der Waals surface area contributed by atoms with E-state index in [1.165, 1.54) is 0 Å². The van der Waals surface area contributed by atoms with E-state index in [4.69, 9.17) is 5.11 Å². The molecule has 1 aromatic heterocycles. The minimum atomic E-state index is -0.902. The van der Waals surface area contributed by atoms with E-state index in [1.54, 1.807) is 32.9 Å². The normalized spacial score (nSPS) is 10.9. The fourth-order valence-corrected chi connectivity index (χ4v) is 2.79. The molecular weight excluding hydrogens is 293 g/mol. The van der Waals surface area contributed by atoms with Crippen LogP contribution in [-0.2, 0) is 11.3 Å². The standard InChI is InChI=1S/C14H16FN3O2S/c1-8-4-11(5-9(2)13(8)15)6-18-10(3)16-17-14(18)21-7-12(19)20/h4-5H,6-7H2,1-3H3,(H,19,20). The van der Waals surface area contributed by atoms with Crippen molar-refractivity contribution in [1.29, 1.82) is 0 Å². The van der Waals surface area contributed by atoms with Crippen molar-refractivity contribution in [3.63, 3.8) is 0 Å². The van der Waals surface area contributed by atoms with E-state index >= 15 is 0 Å². The maximum absolute atomic E-state index is 13.7. The first kappa shape index (κ1) is 15.5. The molecule has 0 aliphatic heterocycles. The number of benzene rings is 1. The van der Waals surface area contributed by atoms with Gasteiger partial charge in [0.05, 0.1) is 12.3 Å². The fourth-order valence-electron chi connectivity index (χ4n) is 2.09. The molecule has 2 rings (SSSR count). The van der Waals surface area contributed by atoms with Gasteiger partial charge in [-0.3, -0.25) is 4.79 Å². The summed E-state index contributed by atoms with van der Waals surface area (Å²) in [6, 6.07) is 3.57. The molecule has 0 amide bonds. The highest BCUT2D eigenvalue weighted by atomic mass is 32.2. The van der Waals surface area contributed by atoms with Gasteiger partial charge in [-0.15, -0.1) is 10.2 Å². The average molecular weight is 309 g/mol. The summed E-state index contributed by atoms with van der Waals surface area (Å²) in [4.78, 5) is 10.7. The second-order valence-electron chi connectivity index (χ2n) is 4.84. The average Bonchev–Trinajstić information content (AvgIpc) is 2.75. The van der Waals surface area contributed by atoms with Crippen LogP contribution in [0.15, 0.2) is 17.3 Å². The van der Waals surface area contributed by atoms with Gasteiger partial charge in [-0.05, 0) is 37.5 Å². The van der Waals surface area contributed by atoms with Gasteiger partial charge >= 0.3 is 5.97 Å². The largest absolute Gasteiger partial charge is 0.481 e. The first-order valence-electron chi connectivity index (χ1n) is 6.38. The molecule has 0 aliphatic rings. The number of carboxylic acids is 1. The Hall–Kier alpha value is -1.89. The summed E-state index contributed by atoms with van der Waals surface area (Å²) in [7, 11) is 0. The zero-order valence-electron chi connectivity index (χ0n) is 12.1. The van der Waals surface area contributed by atoms with Gasteiger partial charge in [0.1, 0.15) is 11.6 Å². The molecule has 0 unspecified atom stereocenters. The highest BCUT2D eigenvalue weighted by Crippen LogP contribution is 2.20. The third-order valence-corrected chi connectivity index (χ3v) is 4.01. The molecule has 1 N–H and O–H groups in total. The quantitative estimate of drug-likeness (QED) is 0.860. The number of hydrogen-bond acceptors (Lipinski definition) is 4. The van der Waals surface area contributed by atoms with Crippen LogP contribution in [0.3, 0.4) is 0 Å². The van der Waals surface area contributed by atoms with Crippen molar-refractivity contribution in [2.75, 3.05) is 5.75 Å². The highest BCUT2D eigenvalue weighted by molar-refractivity contribution is 7.99. The van der Waals surface area contributed by atoms with Crippen molar-refractivity contribution in [3.05, 3.63) is 40.5 Å². The lowest BCUT2D eigenvalue weighted by molar-refractivity contribution is -0.133. The molecule has 0 bridgehead atoms. The molecule has 0 aliphatic carbocycles. The number of hydrogen-bond donors (Lipinski definition) is 1. The molecule has 112 valence electrons. The van der Waals surface area contributed by atoms with Gasteiger partial charge in [-0.25, -0.2) is 4.39 Å². The Morgan fingerprint density at radius 3 is 2.48 bits per heavy atom. The van der Waals surface area contributed by atoms with E-state index in [0.29, 0.717) is 28.7 Å². The molecule has 0 saturated heterocycles. The van der Waals surface area contributed by atoms with Crippen LogP contribution in [-0.4, -0.2) is 31.6 Å². The van der Waals surface area contributed by atoms with Gasteiger partial charge in [0.15, 0.2) is 5.16 Å². The molecule has 1 aromatic carbocycles. The summed E-state index contributed by atoms with van der Waals surface area (Å²) in [6.07, 6.45) is 0. The van der Waals surface area contributed by atoms with E-state index in [-0.39, 0.29) is 11.6 Å². The number of halogens is 1. The van der Waals surface area contributed by atoms with Crippen molar-refractivity contribution >= 4 is 17.7 Å². The van der Waals surface area contributed by atoms with E-state index in [2.05, 4.69) is 10.2 Å². The molecule has 0 spiro atoms. The third-order valence-electron chi connectivity index (χ3n) is 3.06. The zero-order valence-corrected chi connectivity index (χ0v) is 12.9. The topological polar surface area (TPSA) is 68.0 Å². The van der Waals surface area contributed by atoms with E-state index < -0.39 is 5.97 Å². The van der Waals surface area contributed by atoms with Gasteiger partial charge in [0, 0.05) is 0 Å². The maximum Gasteiger partial charge on any atom is 0.313 e. The second-order valence-corrected chi connectivity index (χ2v) is 5.78. The van der Waals surface area contributed by atoms with Crippen molar-refractivity contribution in [2.45, 2.75) is 32.5 Å². The molecule has 0 atom stereocenters. The molecule has 1 heterocycles. The number of thioether (sulfide) groups is 1. The molecule has 0 saturated carbocycles. The zero-order chi connectivity index (χ0) is 15.6. The minimum Gasteiger partial charge on any atom is -0.481 e. The number of aryl methyl sites for hydroxylation is 3. The number of rotatable bonds is 5. The summed E-state index contributed by atoms with van der Waals surface area (Å²) < 4.78 is 15.5. The molecule has 21 heavy (non-hydrogen) atoms. The van der Waals surface area contributed by atoms with Gasteiger partial charge in [0.2, 0.25) is 0 Å². The Labute approximate surface area is 126 Å².